The lowest BCUT2D eigenvalue weighted by molar-refractivity contribution is 0.187. The summed E-state index contributed by atoms with van der Waals surface area (Å²) in [7, 11) is 0. The van der Waals surface area contributed by atoms with Crippen LogP contribution >= 0.6 is 11.6 Å². The van der Waals surface area contributed by atoms with Crippen molar-refractivity contribution in [1.29, 1.82) is 0 Å². The molecule has 82 valence electrons. The van der Waals surface area contributed by atoms with E-state index in [4.69, 9.17) is 22.1 Å². The Hall–Kier alpha value is -1.07. The van der Waals surface area contributed by atoms with Gasteiger partial charge in [0.15, 0.2) is 0 Å². The standard InChI is InChI=1S/C9H13ClN4O/c10-7-4-13-9(11)14-8(7)12-3-6-1-2-15-5-6/h4,6H,1-3,5H2,(H3,11,12,13,14). The van der Waals surface area contributed by atoms with Crippen molar-refractivity contribution < 1.29 is 4.74 Å². The second-order valence-corrected chi connectivity index (χ2v) is 3.94. The smallest absolute Gasteiger partial charge is 0.222 e. The van der Waals surface area contributed by atoms with E-state index in [1.165, 1.54) is 6.20 Å². The molecule has 1 aromatic rings. The normalized spacial score (nSPS) is 20.5. The van der Waals surface area contributed by atoms with E-state index in [0.29, 0.717) is 16.8 Å². The van der Waals surface area contributed by atoms with Crippen LogP contribution in [-0.4, -0.2) is 29.7 Å². The zero-order chi connectivity index (χ0) is 10.7. The summed E-state index contributed by atoms with van der Waals surface area (Å²) < 4.78 is 5.27. The number of aromatic nitrogens is 2. The van der Waals surface area contributed by atoms with Crippen LogP contribution in [0.15, 0.2) is 6.20 Å². The van der Waals surface area contributed by atoms with Gasteiger partial charge in [0.25, 0.3) is 0 Å². The van der Waals surface area contributed by atoms with Gasteiger partial charge in [-0.25, -0.2) is 4.98 Å². The van der Waals surface area contributed by atoms with Gasteiger partial charge in [-0.2, -0.15) is 4.98 Å². The first-order valence-corrected chi connectivity index (χ1v) is 5.23. The van der Waals surface area contributed by atoms with Gasteiger partial charge < -0.3 is 15.8 Å². The largest absolute Gasteiger partial charge is 0.381 e. The van der Waals surface area contributed by atoms with Crippen LogP contribution in [0.2, 0.25) is 5.02 Å². The first-order valence-electron chi connectivity index (χ1n) is 4.85. The fraction of sp³-hybridized carbons (Fsp3) is 0.556. The molecule has 0 amide bonds. The Morgan fingerprint density at radius 3 is 3.27 bits per heavy atom. The topological polar surface area (TPSA) is 73.1 Å². The highest BCUT2D eigenvalue weighted by Gasteiger charge is 2.15. The van der Waals surface area contributed by atoms with Gasteiger partial charge in [0.1, 0.15) is 10.8 Å². The van der Waals surface area contributed by atoms with E-state index in [0.717, 1.165) is 26.2 Å². The minimum atomic E-state index is 0.226. The summed E-state index contributed by atoms with van der Waals surface area (Å²) in [5.41, 5.74) is 5.47. The average molecular weight is 229 g/mol. The number of nitrogen functional groups attached to an aromatic ring is 1. The number of hydrogen-bond donors (Lipinski definition) is 2. The molecule has 0 aromatic carbocycles. The number of ether oxygens (including phenoxy) is 1. The van der Waals surface area contributed by atoms with Gasteiger partial charge in [-0.15, -0.1) is 0 Å². The van der Waals surface area contributed by atoms with Crippen molar-refractivity contribution in [2.75, 3.05) is 30.8 Å². The lowest BCUT2D eigenvalue weighted by atomic mass is 10.1. The molecular weight excluding hydrogens is 216 g/mol. The Labute approximate surface area is 93.0 Å². The van der Waals surface area contributed by atoms with Crippen molar-refractivity contribution in [2.45, 2.75) is 6.42 Å². The molecule has 1 fully saturated rings. The lowest BCUT2D eigenvalue weighted by Crippen LogP contribution is -2.15. The molecule has 0 spiro atoms. The molecular formula is C9H13ClN4O. The SMILES string of the molecule is Nc1ncc(Cl)c(NCC2CCOC2)n1. The van der Waals surface area contributed by atoms with E-state index in [1.807, 2.05) is 0 Å². The Kier molecular flexibility index (Phi) is 3.23. The second-order valence-electron chi connectivity index (χ2n) is 3.54. The third kappa shape index (κ3) is 2.70. The highest BCUT2D eigenvalue weighted by molar-refractivity contribution is 6.32. The third-order valence-corrected chi connectivity index (χ3v) is 2.62. The number of nitrogens with two attached hydrogens (primary N) is 1. The molecule has 0 saturated carbocycles. The molecule has 1 aromatic heterocycles. The molecule has 1 unspecified atom stereocenters. The van der Waals surface area contributed by atoms with E-state index >= 15 is 0 Å². The molecule has 0 aliphatic carbocycles. The Morgan fingerprint density at radius 2 is 2.53 bits per heavy atom. The second kappa shape index (κ2) is 4.63. The Balaban J connectivity index is 1.94. The van der Waals surface area contributed by atoms with E-state index < -0.39 is 0 Å². The van der Waals surface area contributed by atoms with Crippen molar-refractivity contribution in [2.24, 2.45) is 5.92 Å². The predicted octanol–water partition coefficient (Wildman–Crippen LogP) is 1.16. The average Bonchev–Trinajstić information content (AvgIpc) is 2.72. The van der Waals surface area contributed by atoms with Crippen LogP contribution < -0.4 is 11.1 Å². The maximum atomic E-state index is 5.91. The summed E-state index contributed by atoms with van der Waals surface area (Å²) in [6.07, 6.45) is 2.57. The van der Waals surface area contributed by atoms with Gasteiger partial charge in [0.05, 0.1) is 12.8 Å². The summed E-state index contributed by atoms with van der Waals surface area (Å²) in [5.74, 6) is 1.35. The maximum Gasteiger partial charge on any atom is 0.222 e. The van der Waals surface area contributed by atoms with Crippen molar-refractivity contribution in [3.8, 4) is 0 Å². The van der Waals surface area contributed by atoms with E-state index in [9.17, 15) is 0 Å². The van der Waals surface area contributed by atoms with E-state index in [1.54, 1.807) is 0 Å². The molecule has 1 aliphatic heterocycles. The van der Waals surface area contributed by atoms with Crippen LogP contribution in [0.1, 0.15) is 6.42 Å². The number of hydrogen-bond acceptors (Lipinski definition) is 5. The summed E-state index contributed by atoms with van der Waals surface area (Å²) in [4.78, 5) is 7.81. The van der Waals surface area contributed by atoms with Gasteiger partial charge in [0, 0.05) is 19.1 Å². The summed E-state index contributed by atoms with van der Waals surface area (Å²) in [6, 6.07) is 0. The van der Waals surface area contributed by atoms with Crippen LogP contribution in [0.3, 0.4) is 0 Å². The van der Waals surface area contributed by atoms with E-state index in [-0.39, 0.29) is 5.95 Å². The highest BCUT2D eigenvalue weighted by Crippen LogP contribution is 2.20. The summed E-state index contributed by atoms with van der Waals surface area (Å²) in [5, 5.41) is 3.64. The fourth-order valence-corrected chi connectivity index (χ4v) is 1.65. The van der Waals surface area contributed by atoms with Gasteiger partial charge >= 0.3 is 0 Å². The molecule has 15 heavy (non-hydrogen) atoms. The molecule has 1 aliphatic rings. The van der Waals surface area contributed by atoms with Crippen LogP contribution in [-0.2, 0) is 4.74 Å². The van der Waals surface area contributed by atoms with Crippen molar-refractivity contribution in [3.05, 3.63) is 11.2 Å². The quantitative estimate of drug-likeness (QED) is 0.812. The van der Waals surface area contributed by atoms with Crippen LogP contribution in [0.4, 0.5) is 11.8 Å². The van der Waals surface area contributed by atoms with Gasteiger partial charge in [-0.3, -0.25) is 0 Å². The van der Waals surface area contributed by atoms with Crippen LogP contribution in [0.25, 0.3) is 0 Å². The summed E-state index contributed by atoms with van der Waals surface area (Å²) >= 11 is 5.91. The summed E-state index contributed by atoms with van der Waals surface area (Å²) in [6.45, 7) is 2.44. The van der Waals surface area contributed by atoms with Crippen molar-refractivity contribution in [1.82, 2.24) is 9.97 Å². The Bertz CT molecular complexity index is 341. The maximum absolute atomic E-state index is 5.91. The van der Waals surface area contributed by atoms with Gasteiger partial charge in [-0.1, -0.05) is 11.6 Å². The van der Waals surface area contributed by atoms with Crippen LogP contribution in [0.5, 0.6) is 0 Å². The van der Waals surface area contributed by atoms with Crippen LogP contribution in [0, 0.1) is 5.92 Å². The molecule has 0 radical (unpaired) electrons. The zero-order valence-corrected chi connectivity index (χ0v) is 9.00. The predicted molar refractivity (Wildman–Crippen MR) is 58.9 cm³/mol. The molecule has 3 N–H and O–H groups in total. The third-order valence-electron chi connectivity index (χ3n) is 2.34. The molecule has 1 saturated heterocycles. The number of anilines is 2. The molecule has 1 atom stereocenters. The lowest BCUT2D eigenvalue weighted by Gasteiger charge is -2.10. The first-order chi connectivity index (χ1) is 7.25. The molecule has 2 rings (SSSR count). The first kappa shape index (κ1) is 10.4. The zero-order valence-electron chi connectivity index (χ0n) is 8.24. The minimum Gasteiger partial charge on any atom is -0.381 e. The van der Waals surface area contributed by atoms with E-state index in [2.05, 4.69) is 15.3 Å². The molecule has 0 bridgehead atoms. The molecule has 6 heteroatoms. The Morgan fingerprint density at radius 1 is 1.67 bits per heavy atom. The number of nitrogens with one attached hydrogen (secondary N) is 1. The monoisotopic (exact) mass is 228 g/mol. The van der Waals surface area contributed by atoms with Crippen molar-refractivity contribution >= 4 is 23.4 Å². The molecule has 5 nitrogen and oxygen atoms in total. The van der Waals surface area contributed by atoms with Crippen molar-refractivity contribution in [3.63, 3.8) is 0 Å². The fourth-order valence-electron chi connectivity index (χ4n) is 1.49. The van der Waals surface area contributed by atoms with Gasteiger partial charge in [0.2, 0.25) is 5.95 Å². The number of nitrogens with zero attached hydrogens (tertiary/aromatic N) is 2. The molecule has 2 heterocycles. The van der Waals surface area contributed by atoms with Gasteiger partial charge in [-0.05, 0) is 6.42 Å². The minimum absolute atomic E-state index is 0.226. The number of halogens is 1. The number of rotatable bonds is 3. The highest BCUT2D eigenvalue weighted by atomic mass is 35.5.